The molecule has 1 aromatic rings. The van der Waals surface area contributed by atoms with E-state index >= 15 is 0 Å². The summed E-state index contributed by atoms with van der Waals surface area (Å²) in [5.74, 6) is 0. The van der Waals surface area contributed by atoms with Crippen LogP contribution in [-0.4, -0.2) is 4.98 Å². The second-order valence-electron chi connectivity index (χ2n) is 2.13. The van der Waals surface area contributed by atoms with Gasteiger partial charge in [0.25, 0.3) is 6.43 Å². The van der Waals surface area contributed by atoms with E-state index in [1.807, 2.05) is 0 Å². The number of nitrogen functional groups attached to an aromatic ring is 2. The standard InChI is InChI=1S/C6H6ClF2N3/c7-3-2(10)1-12-5(4(3)11)6(8)9/h1,6H,10-11H2. The van der Waals surface area contributed by atoms with Gasteiger partial charge in [0.2, 0.25) is 0 Å². The normalized spacial score (nSPS) is 10.7. The van der Waals surface area contributed by atoms with Crippen LogP contribution in [0.25, 0.3) is 0 Å². The number of pyridine rings is 1. The molecular weight excluding hydrogens is 188 g/mol. The van der Waals surface area contributed by atoms with E-state index in [0.717, 1.165) is 6.20 Å². The topological polar surface area (TPSA) is 64.9 Å². The third-order valence-electron chi connectivity index (χ3n) is 1.32. The van der Waals surface area contributed by atoms with Crippen molar-refractivity contribution >= 4 is 23.0 Å². The Balaban J connectivity index is 3.27. The molecule has 0 aliphatic heterocycles. The Bertz CT molecular complexity index is 303. The summed E-state index contributed by atoms with van der Waals surface area (Å²) in [6.07, 6.45) is -1.68. The van der Waals surface area contributed by atoms with Crippen molar-refractivity contribution in [3.8, 4) is 0 Å². The van der Waals surface area contributed by atoms with Gasteiger partial charge in [0.05, 0.1) is 22.6 Å². The molecule has 0 radical (unpaired) electrons. The Kier molecular flexibility index (Phi) is 2.32. The molecule has 6 heteroatoms. The number of alkyl halides is 2. The summed E-state index contributed by atoms with van der Waals surface area (Å²) in [5, 5.41) is -0.0692. The van der Waals surface area contributed by atoms with Gasteiger partial charge in [-0.3, -0.25) is 4.98 Å². The van der Waals surface area contributed by atoms with Crippen molar-refractivity contribution in [2.24, 2.45) is 0 Å². The molecule has 3 nitrogen and oxygen atoms in total. The zero-order valence-corrected chi connectivity index (χ0v) is 6.65. The number of aromatic nitrogens is 1. The smallest absolute Gasteiger partial charge is 0.282 e. The maximum Gasteiger partial charge on any atom is 0.282 e. The van der Waals surface area contributed by atoms with Gasteiger partial charge < -0.3 is 11.5 Å². The Hall–Kier alpha value is -1.10. The highest BCUT2D eigenvalue weighted by Gasteiger charge is 2.16. The lowest BCUT2D eigenvalue weighted by Gasteiger charge is -2.06. The van der Waals surface area contributed by atoms with Gasteiger partial charge in [-0.05, 0) is 0 Å². The molecule has 12 heavy (non-hydrogen) atoms. The molecule has 1 heterocycles. The van der Waals surface area contributed by atoms with Crippen LogP contribution in [0, 0.1) is 0 Å². The molecule has 0 aliphatic carbocycles. The molecule has 0 aliphatic rings. The molecule has 0 amide bonds. The average molecular weight is 194 g/mol. The van der Waals surface area contributed by atoms with Gasteiger partial charge in [0, 0.05) is 0 Å². The zero-order chi connectivity index (χ0) is 9.30. The van der Waals surface area contributed by atoms with E-state index in [1.165, 1.54) is 0 Å². The Morgan fingerprint density at radius 3 is 2.50 bits per heavy atom. The monoisotopic (exact) mass is 193 g/mol. The van der Waals surface area contributed by atoms with Crippen LogP contribution in [0.5, 0.6) is 0 Å². The molecule has 0 saturated heterocycles. The van der Waals surface area contributed by atoms with Gasteiger partial charge in [0.1, 0.15) is 5.69 Å². The molecule has 0 fully saturated rings. The molecule has 0 aromatic carbocycles. The summed E-state index contributed by atoms with van der Waals surface area (Å²) in [7, 11) is 0. The molecule has 1 aromatic heterocycles. The van der Waals surface area contributed by atoms with Crippen molar-refractivity contribution in [1.29, 1.82) is 0 Å². The highest BCUT2D eigenvalue weighted by atomic mass is 35.5. The van der Waals surface area contributed by atoms with Gasteiger partial charge in [-0.25, -0.2) is 8.78 Å². The second kappa shape index (κ2) is 3.10. The molecule has 0 unspecified atom stereocenters. The SMILES string of the molecule is Nc1cnc(C(F)F)c(N)c1Cl. The molecular formula is C6H6ClF2N3. The quantitative estimate of drug-likeness (QED) is 0.715. The van der Waals surface area contributed by atoms with Crippen molar-refractivity contribution in [1.82, 2.24) is 4.98 Å². The number of nitrogens with two attached hydrogens (primary N) is 2. The average Bonchev–Trinajstić information content (AvgIpc) is 2.00. The van der Waals surface area contributed by atoms with Gasteiger partial charge in [-0.2, -0.15) is 0 Å². The van der Waals surface area contributed by atoms with E-state index in [-0.39, 0.29) is 16.4 Å². The maximum absolute atomic E-state index is 12.1. The number of hydrogen-bond donors (Lipinski definition) is 2. The third kappa shape index (κ3) is 1.40. The first-order valence-electron chi connectivity index (χ1n) is 3.01. The Morgan fingerprint density at radius 1 is 1.42 bits per heavy atom. The molecule has 0 atom stereocenters. The first kappa shape index (κ1) is 8.99. The largest absolute Gasteiger partial charge is 0.396 e. The lowest BCUT2D eigenvalue weighted by Crippen LogP contribution is -2.01. The van der Waals surface area contributed by atoms with E-state index in [9.17, 15) is 8.78 Å². The van der Waals surface area contributed by atoms with Crippen LogP contribution in [0.4, 0.5) is 20.2 Å². The first-order chi connectivity index (χ1) is 5.54. The van der Waals surface area contributed by atoms with Crippen molar-refractivity contribution in [3.05, 3.63) is 16.9 Å². The minimum absolute atomic E-state index is 0.0692. The van der Waals surface area contributed by atoms with Crippen LogP contribution in [0.1, 0.15) is 12.1 Å². The summed E-state index contributed by atoms with van der Waals surface area (Å²) < 4.78 is 24.2. The van der Waals surface area contributed by atoms with Crippen molar-refractivity contribution < 1.29 is 8.78 Å². The number of halogens is 3. The fourth-order valence-electron chi connectivity index (χ4n) is 0.707. The molecule has 0 bridgehead atoms. The minimum Gasteiger partial charge on any atom is -0.396 e. The van der Waals surface area contributed by atoms with Crippen LogP contribution in [0.15, 0.2) is 6.20 Å². The van der Waals surface area contributed by atoms with Gasteiger partial charge in [-0.1, -0.05) is 11.6 Å². The predicted octanol–water partition coefficient (Wildman–Crippen LogP) is 1.84. The Morgan fingerprint density at radius 2 is 2.00 bits per heavy atom. The fraction of sp³-hybridized carbons (Fsp3) is 0.167. The maximum atomic E-state index is 12.1. The van der Waals surface area contributed by atoms with E-state index in [2.05, 4.69) is 4.98 Å². The van der Waals surface area contributed by atoms with E-state index in [0.29, 0.717) is 0 Å². The van der Waals surface area contributed by atoms with Crippen LogP contribution in [0.2, 0.25) is 5.02 Å². The van der Waals surface area contributed by atoms with E-state index in [1.54, 1.807) is 0 Å². The molecule has 1 rings (SSSR count). The molecule has 4 N–H and O–H groups in total. The van der Waals surface area contributed by atoms with Crippen molar-refractivity contribution in [2.45, 2.75) is 6.43 Å². The number of hydrogen-bond acceptors (Lipinski definition) is 3. The number of anilines is 2. The summed E-state index contributed by atoms with van der Waals surface area (Å²) in [6.45, 7) is 0. The van der Waals surface area contributed by atoms with E-state index < -0.39 is 12.1 Å². The van der Waals surface area contributed by atoms with Crippen molar-refractivity contribution in [3.63, 3.8) is 0 Å². The second-order valence-corrected chi connectivity index (χ2v) is 2.51. The summed E-state index contributed by atoms with van der Waals surface area (Å²) in [5.41, 5.74) is 9.81. The first-order valence-corrected chi connectivity index (χ1v) is 3.39. The van der Waals surface area contributed by atoms with Crippen LogP contribution < -0.4 is 11.5 Å². The summed E-state index contributed by atoms with van der Waals surface area (Å²) in [6, 6.07) is 0. The minimum atomic E-state index is -2.73. The molecule has 0 saturated carbocycles. The van der Waals surface area contributed by atoms with Gasteiger partial charge >= 0.3 is 0 Å². The molecule has 0 spiro atoms. The Labute approximate surface area is 72.3 Å². The highest BCUT2D eigenvalue weighted by Crippen LogP contribution is 2.32. The summed E-state index contributed by atoms with van der Waals surface area (Å²) >= 11 is 5.50. The summed E-state index contributed by atoms with van der Waals surface area (Å²) in [4.78, 5) is 3.35. The highest BCUT2D eigenvalue weighted by molar-refractivity contribution is 6.35. The van der Waals surface area contributed by atoms with Crippen molar-refractivity contribution in [2.75, 3.05) is 11.5 Å². The zero-order valence-electron chi connectivity index (χ0n) is 5.89. The number of rotatable bonds is 1. The number of nitrogens with zero attached hydrogens (tertiary/aromatic N) is 1. The third-order valence-corrected chi connectivity index (χ3v) is 1.74. The van der Waals surface area contributed by atoms with Crippen LogP contribution in [0.3, 0.4) is 0 Å². The van der Waals surface area contributed by atoms with Crippen LogP contribution in [-0.2, 0) is 0 Å². The lowest BCUT2D eigenvalue weighted by molar-refractivity contribution is 0.147. The molecule has 66 valence electrons. The predicted molar refractivity (Wildman–Crippen MR) is 43.0 cm³/mol. The van der Waals surface area contributed by atoms with E-state index in [4.69, 9.17) is 23.1 Å². The fourth-order valence-corrected chi connectivity index (χ4v) is 0.853. The lowest BCUT2D eigenvalue weighted by atomic mass is 10.3. The van der Waals surface area contributed by atoms with Gasteiger partial charge in [-0.15, -0.1) is 0 Å². The van der Waals surface area contributed by atoms with Crippen LogP contribution >= 0.6 is 11.6 Å². The van der Waals surface area contributed by atoms with Gasteiger partial charge in [0.15, 0.2) is 0 Å².